The van der Waals surface area contributed by atoms with Crippen LogP contribution in [0.4, 0.5) is 5.69 Å². The number of hydrogen-bond acceptors (Lipinski definition) is 3. The molecule has 4 nitrogen and oxygen atoms in total. The van der Waals surface area contributed by atoms with Crippen LogP contribution in [0.25, 0.3) is 0 Å². The summed E-state index contributed by atoms with van der Waals surface area (Å²) in [6.07, 6.45) is 0.534. The van der Waals surface area contributed by atoms with Crippen LogP contribution in [-0.2, 0) is 4.79 Å². The van der Waals surface area contributed by atoms with Gasteiger partial charge in [0.2, 0.25) is 5.91 Å². The number of anilines is 1. The quantitative estimate of drug-likeness (QED) is 0.842. The Kier molecular flexibility index (Phi) is 4.00. The third-order valence-corrected chi connectivity index (χ3v) is 3.28. The zero-order chi connectivity index (χ0) is 14.0. The summed E-state index contributed by atoms with van der Waals surface area (Å²) in [4.78, 5) is 25.0. The van der Waals surface area contributed by atoms with Crippen LogP contribution in [0.3, 0.4) is 0 Å². The fourth-order valence-electron chi connectivity index (χ4n) is 2.42. The van der Waals surface area contributed by atoms with E-state index in [1.165, 1.54) is 0 Å². The van der Waals surface area contributed by atoms with Crippen molar-refractivity contribution in [1.29, 1.82) is 0 Å². The van der Waals surface area contributed by atoms with E-state index in [9.17, 15) is 9.59 Å². The Hall–Kier alpha value is -1.68. The molecule has 102 valence electrons. The van der Waals surface area contributed by atoms with E-state index >= 15 is 0 Å². The van der Waals surface area contributed by atoms with Crippen molar-refractivity contribution in [2.75, 3.05) is 11.4 Å². The molecule has 0 bridgehead atoms. The molecule has 0 aliphatic carbocycles. The van der Waals surface area contributed by atoms with E-state index in [1.807, 2.05) is 12.1 Å². The van der Waals surface area contributed by atoms with Crippen molar-refractivity contribution in [3.05, 3.63) is 29.8 Å². The maximum Gasteiger partial charge on any atom is 0.228 e. The minimum Gasteiger partial charge on any atom is -0.311 e. The summed E-state index contributed by atoms with van der Waals surface area (Å²) in [5.74, 6) is 0.173. The topological polar surface area (TPSA) is 49.4 Å². The Morgan fingerprint density at radius 1 is 1.32 bits per heavy atom. The number of nitrogens with zero attached hydrogens (tertiary/aromatic N) is 1. The van der Waals surface area contributed by atoms with Gasteiger partial charge >= 0.3 is 0 Å². The van der Waals surface area contributed by atoms with E-state index in [2.05, 4.69) is 19.2 Å². The molecule has 0 aromatic heterocycles. The van der Waals surface area contributed by atoms with Gasteiger partial charge in [-0.15, -0.1) is 0 Å². The minimum atomic E-state index is 0.0404. The van der Waals surface area contributed by atoms with Crippen LogP contribution in [0.1, 0.15) is 37.6 Å². The van der Waals surface area contributed by atoms with Crippen LogP contribution in [0.15, 0.2) is 24.3 Å². The summed E-state index contributed by atoms with van der Waals surface area (Å²) in [7, 11) is 0. The van der Waals surface area contributed by atoms with Crippen molar-refractivity contribution in [2.45, 2.75) is 39.3 Å². The molecule has 0 radical (unpaired) electrons. The second-order valence-electron chi connectivity index (χ2n) is 5.33. The van der Waals surface area contributed by atoms with Gasteiger partial charge in [-0.2, -0.15) is 0 Å². The van der Waals surface area contributed by atoms with Crippen LogP contribution >= 0.6 is 0 Å². The van der Waals surface area contributed by atoms with Crippen LogP contribution < -0.4 is 10.2 Å². The molecule has 0 spiro atoms. The Morgan fingerprint density at radius 2 is 1.95 bits per heavy atom. The van der Waals surface area contributed by atoms with Gasteiger partial charge in [0.1, 0.15) is 0 Å². The zero-order valence-electron chi connectivity index (χ0n) is 11.6. The maximum absolute atomic E-state index is 12.0. The molecular formula is C15H20N2O2. The molecule has 1 N–H and O–H groups in total. The minimum absolute atomic E-state index is 0.0404. The lowest BCUT2D eigenvalue weighted by Crippen LogP contribution is -2.37. The first-order chi connectivity index (χ1) is 8.97. The summed E-state index contributed by atoms with van der Waals surface area (Å²) >= 11 is 0. The van der Waals surface area contributed by atoms with Crippen molar-refractivity contribution in [2.24, 2.45) is 0 Å². The molecule has 1 saturated heterocycles. The molecule has 1 aliphatic rings. The van der Waals surface area contributed by atoms with Gasteiger partial charge in [-0.3, -0.25) is 9.59 Å². The smallest absolute Gasteiger partial charge is 0.228 e. The number of rotatable bonds is 4. The number of Topliss-reactive ketones (excluding diaryl/α,β-unsaturated/α-hetero) is 1. The van der Waals surface area contributed by atoms with E-state index in [1.54, 1.807) is 24.0 Å². The average molecular weight is 260 g/mol. The monoisotopic (exact) mass is 260 g/mol. The number of carbonyl (C=O) groups is 2. The lowest BCUT2D eigenvalue weighted by atomic mass is 10.1. The molecule has 1 aromatic carbocycles. The number of carbonyl (C=O) groups excluding carboxylic acids is 2. The Labute approximate surface area is 113 Å². The van der Waals surface area contributed by atoms with Crippen molar-refractivity contribution in [3.63, 3.8) is 0 Å². The van der Waals surface area contributed by atoms with Gasteiger partial charge in [-0.25, -0.2) is 0 Å². The first kappa shape index (κ1) is 13.7. The van der Waals surface area contributed by atoms with Crippen LogP contribution in [0.2, 0.25) is 0 Å². The lowest BCUT2D eigenvalue weighted by Gasteiger charge is -2.18. The standard InChI is InChI=1S/C15H20N2O2/c1-10(2)16-13-8-15(19)17(9-13)14-6-4-12(5-7-14)11(3)18/h4-7,10,13,16H,8-9H2,1-3H3. The first-order valence-electron chi connectivity index (χ1n) is 6.65. The largest absolute Gasteiger partial charge is 0.311 e. The van der Waals surface area contributed by atoms with E-state index in [4.69, 9.17) is 0 Å². The molecule has 1 aromatic rings. The molecule has 1 heterocycles. The number of ketones is 1. The van der Waals surface area contributed by atoms with Crippen molar-refractivity contribution < 1.29 is 9.59 Å². The van der Waals surface area contributed by atoms with E-state index in [-0.39, 0.29) is 17.7 Å². The van der Waals surface area contributed by atoms with E-state index < -0.39 is 0 Å². The van der Waals surface area contributed by atoms with Gasteiger partial charge < -0.3 is 10.2 Å². The fraction of sp³-hybridized carbons (Fsp3) is 0.467. The number of hydrogen-bond donors (Lipinski definition) is 1. The van der Waals surface area contributed by atoms with Crippen LogP contribution in [0, 0.1) is 0 Å². The summed E-state index contributed by atoms with van der Waals surface area (Å²) in [6.45, 7) is 6.39. The highest BCUT2D eigenvalue weighted by Crippen LogP contribution is 2.22. The Balaban J connectivity index is 2.09. The summed E-state index contributed by atoms with van der Waals surface area (Å²) in [5.41, 5.74) is 1.54. The van der Waals surface area contributed by atoms with Gasteiger partial charge in [-0.05, 0) is 31.2 Å². The highest BCUT2D eigenvalue weighted by atomic mass is 16.2. The van der Waals surface area contributed by atoms with Crippen molar-refractivity contribution in [3.8, 4) is 0 Å². The molecule has 1 unspecified atom stereocenters. The molecule has 2 rings (SSSR count). The molecule has 1 amide bonds. The van der Waals surface area contributed by atoms with Crippen LogP contribution in [-0.4, -0.2) is 30.3 Å². The highest BCUT2D eigenvalue weighted by molar-refractivity contribution is 5.98. The van der Waals surface area contributed by atoms with Gasteiger partial charge in [0, 0.05) is 36.3 Å². The number of benzene rings is 1. The van der Waals surface area contributed by atoms with Gasteiger partial charge in [-0.1, -0.05) is 13.8 Å². The van der Waals surface area contributed by atoms with Crippen molar-refractivity contribution >= 4 is 17.4 Å². The molecule has 1 aliphatic heterocycles. The SMILES string of the molecule is CC(=O)c1ccc(N2CC(NC(C)C)CC2=O)cc1. The predicted octanol–water partition coefficient (Wildman–Crippen LogP) is 1.99. The van der Waals surface area contributed by atoms with Gasteiger partial charge in [0.05, 0.1) is 0 Å². The molecular weight excluding hydrogens is 240 g/mol. The van der Waals surface area contributed by atoms with E-state index in [0.29, 0.717) is 24.6 Å². The maximum atomic E-state index is 12.0. The van der Waals surface area contributed by atoms with E-state index in [0.717, 1.165) is 5.69 Å². The fourth-order valence-corrected chi connectivity index (χ4v) is 2.42. The van der Waals surface area contributed by atoms with Gasteiger partial charge in [0.25, 0.3) is 0 Å². The first-order valence-corrected chi connectivity index (χ1v) is 6.65. The average Bonchev–Trinajstić information content (AvgIpc) is 2.69. The number of nitrogens with one attached hydrogen (secondary N) is 1. The molecule has 4 heteroatoms. The lowest BCUT2D eigenvalue weighted by molar-refractivity contribution is -0.117. The second-order valence-corrected chi connectivity index (χ2v) is 5.33. The predicted molar refractivity (Wildman–Crippen MR) is 75.5 cm³/mol. The highest BCUT2D eigenvalue weighted by Gasteiger charge is 2.30. The summed E-state index contributed by atoms with van der Waals surface area (Å²) < 4.78 is 0. The molecule has 19 heavy (non-hydrogen) atoms. The van der Waals surface area contributed by atoms with Gasteiger partial charge in [0.15, 0.2) is 5.78 Å². The van der Waals surface area contributed by atoms with Crippen LogP contribution in [0.5, 0.6) is 0 Å². The second kappa shape index (κ2) is 5.53. The third-order valence-electron chi connectivity index (χ3n) is 3.28. The molecule has 0 saturated carbocycles. The molecule has 1 fully saturated rings. The van der Waals surface area contributed by atoms with Crippen molar-refractivity contribution in [1.82, 2.24) is 5.32 Å². The Bertz CT molecular complexity index is 479. The normalized spacial score (nSPS) is 19.3. The summed E-state index contributed by atoms with van der Waals surface area (Å²) in [6, 6.07) is 7.80. The molecule has 1 atom stereocenters. The Morgan fingerprint density at radius 3 is 2.47 bits per heavy atom. The summed E-state index contributed by atoms with van der Waals surface area (Å²) in [5, 5.41) is 3.38. The zero-order valence-corrected chi connectivity index (χ0v) is 11.6. The third kappa shape index (κ3) is 3.20. The number of amides is 1.